The van der Waals surface area contributed by atoms with Crippen molar-refractivity contribution < 1.29 is 4.42 Å². The van der Waals surface area contributed by atoms with Crippen LogP contribution in [0.1, 0.15) is 12.8 Å². The fourth-order valence-corrected chi connectivity index (χ4v) is 1.62. The summed E-state index contributed by atoms with van der Waals surface area (Å²) in [6, 6.07) is 0.801. The number of nitrogens with one attached hydrogen (secondary N) is 1. The fourth-order valence-electron chi connectivity index (χ4n) is 0.970. The second kappa shape index (κ2) is 3.96. The van der Waals surface area contributed by atoms with Crippen molar-refractivity contribution >= 4 is 11.8 Å². The lowest BCUT2D eigenvalue weighted by atomic mass is 10.6. The van der Waals surface area contributed by atoms with Crippen molar-refractivity contribution in [1.82, 2.24) is 10.3 Å². The smallest absolute Gasteiger partial charge is 0.255 e. The first-order valence-corrected chi connectivity index (χ1v) is 5.19. The van der Waals surface area contributed by atoms with Crippen LogP contribution < -0.4 is 5.32 Å². The van der Waals surface area contributed by atoms with Crippen LogP contribution in [0.5, 0.6) is 0 Å². The van der Waals surface area contributed by atoms with Crippen LogP contribution in [-0.2, 0) is 0 Å². The van der Waals surface area contributed by atoms with Gasteiger partial charge in [0.15, 0.2) is 0 Å². The van der Waals surface area contributed by atoms with Crippen molar-refractivity contribution in [1.29, 1.82) is 0 Å². The summed E-state index contributed by atoms with van der Waals surface area (Å²) in [5.41, 5.74) is 0. The van der Waals surface area contributed by atoms with Crippen molar-refractivity contribution in [3.63, 3.8) is 0 Å². The van der Waals surface area contributed by atoms with Gasteiger partial charge in [0.05, 0.1) is 6.20 Å². The maximum atomic E-state index is 5.08. The van der Waals surface area contributed by atoms with Gasteiger partial charge in [-0.05, 0) is 12.8 Å². The zero-order valence-electron chi connectivity index (χ0n) is 6.82. The maximum Gasteiger partial charge on any atom is 0.255 e. The molecule has 1 aromatic heterocycles. The predicted molar refractivity (Wildman–Crippen MR) is 48.3 cm³/mol. The molecule has 0 unspecified atom stereocenters. The van der Waals surface area contributed by atoms with Gasteiger partial charge in [0.2, 0.25) is 0 Å². The van der Waals surface area contributed by atoms with Gasteiger partial charge in [-0.1, -0.05) is 11.8 Å². The molecule has 1 aliphatic carbocycles. The van der Waals surface area contributed by atoms with Crippen LogP contribution in [0, 0.1) is 0 Å². The number of hydrogen-bond donors (Lipinski definition) is 1. The Morgan fingerprint density at radius 1 is 1.67 bits per heavy atom. The molecular formula is C8H12N2OS. The van der Waals surface area contributed by atoms with Crippen LogP contribution in [0.3, 0.4) is 0 Å². The molecule has 0 atom stereocenters. The Bertz CT molecular complexity index is 221. The summed E-state index contributed by atoms with van der Waals surface area (Å²) in [5.74, 6) is 1.04. The molecule has 0 saturated heterocycles. The molecule has 1 fully saturated rings. The molecule has 0 bridgehead atoms. The average Bonchev–Trinajstić information content (AvgIpc) is 2.76. The van der Waals surface area contributed by atoms with E-state index in [0.717, 1.165) is 23.6 Å². The molecule has 1 aliphatic rings. The van der Waals surface area contributed by atoms with Gasteiger partial charge in [-0.15, -0.1) is 0 Å². The van der Waals surface area contributed by atoms with Gasteiger partial charge in [0.25, 0.3) is 5.22 Å². The van der Waals surface area contributed by atoms with E-state index >= 15 is 0 Å². The second-order valence-electron chi connectivity index (χ2n) is 2.87. The molecule has 0 spiro atoms. The van der Waals surface area contributed by atoms with E-state index in [1.165, 1.54) is 12.8 Å². The summed E-state index contributed by atoms with van der Waals surface area (Å²) in [6.45, 7) is 1.05. The third-order valence-electron chi connectivity index (χ3n) is 1.75. The summed E-state index contributed by atoms with van der Waals surface area (Å²) < 4.78 is 5.08. The summed E-state index contributed by atoms with van der Waals surface area (Å²) in [6.07, 6.45) is 5.99. The first-order valence-electron chi connectivity index (χ1n) is 4.21. The molecule has 1 aromatic rings. The van der Waals surface area contributed by atoms with Crippen molar-refractivity contribution in [2.24, 2.45) is 0 Å². The number of rotatable bonds is 5. The van der Waals surface area contributed by atoms with E-state index in [1.807, 2.05) is 0 Å². The number of oxazole rings is 1. The van der Waals surface area contributed by atoms with E-state index in [2.05, 4.69) is 10.3 Å². The standard InChI is InChI=1S/C8H12N2OS/c1-2-7(1)9-4-6-12-8-10-3-5-11-8/h3,5,7,9H,1-2,4,6H2. The van der Waals surface area contributed by atoms with Gasteiger partial charge in [-0.2, -0.15) is 0 Å². The zero-order chi connectivity index (χ0) is 8.23. The van der Waals surface area contributed by atoms with Gasteiger partial charge in [0.1, 0.15) is 6.26 Å². The van der Waals surface area contributed by atoms with E-state index in [4.69, 9.17) is 4.42 Å². The molecule has 0 aromatic carbocycles. The minimum atomic E-state index is 0.771. The van der Waals surface area contributed by atoms with Gasteiger partial charge in [0, 0.05) is 18.3 Å². The Kier molecular flexibility index (Phi) is 2.68. The molecule has 4 heteroatoms. The van der Waals surface area contributed by atoms with E-state index < -0.39 is 0 Å². The first kappa shape index (κ1) is 8.13. The third-order valence-corrected chi connectivity index (χ3v) is 2.60. The molecule has 2 rings (SSSR count). The summed E-state index contributed by atoms with van der Waals surface area (Å²) in [7, 11) is 0. The number of nitrogens with zero attached hydrogens (tertiary/aromatic N) is 1. The van der Waals surface area contributed by atoms with Crippen molar-refractivity contribution in [2.75, 3.05) is 12.3 Å². The first-order chi connectivity index (χ1) is 5.95. The number of hydrogen-bond acceptors (Lipinski definition) is 4. The summed E-state index contributed by atoms with van der Waals surface area (Å²) in [5, 5.41) is 4.20. The largest absolute Gasteiger partial charge is 0.440 e. The van der Waals surface area contributed by atoms with Crippen LogP contribution in [0.15, 0.2) is 22.1 Å². The van der Waals surface area contributed by atoms with Gasteiger partial charge < -0.3 is 9.73 Å². The molecule has 0 amide bonds. The van der Waals surface area contributed by atoms with Crippen LogP contribution in [0.4, 0.5) is 0 Å². The molecular weight excluding hydrogens is 172 g/mol. The molecule has 66 valence electrons. The Hall–Kier alpha value is -0.480. The summed E-state index contributed by atoms with van der Waals surface area (Å²) >= 11 is 1.66. The molecule has 0 radical (unpaired) electrons. The molecule has 1 N–H and O–H groups in total. The molecule has 1 heterocycles. The zero-order valence-corrected chi connectivity index (χ0v) is 7.64. The van der Waals surface area contributed by atoms with E-state index in [-0.39, 0.29) is 0 Å². The van der Waals surface area contributed by atoms with Gasteiger partial charge in [-0.3, -0.25) is 0 Å². The number of aromatic nitrogens is 1. The second-order valence-corrected chi connectivity index (χ2v) is 3.92. The van der Waals surface area contributed by atoms with Crippen molar-refractivity contribution in [3.8, 4) is 0 Å². The van der Waals surface area contributed by atoms with E-state index in [1.54, 1.807) is 24.2 Å². The molecule has 0 aliphatic heterocycles. The highest BCUT2D eigenvalue weighted by atomic mass is 32.2. The summed E-state index contributed by atoms with van der Waals surface area (Å²) in [4.78, 5) is 4.02. The quantitative estimate of drug-likeness (QED) is 0.556. The van der Waals surface area contributed by atoms with Crippen LogP contribution in [0.2, 0.25) is 0 Å². The lowest BCUT2D eigenvalue weighted by Crippen LogP contribution is -2.18. The Morgan fingerprint density at radius 3 is 3.25 bits per heavy atom. The molecule has 1 saturated carbocycles. The highest BCUT2D eigenvalue weighted by Gasteiger charge is 2.19. The van der Waals surface area contributed by atoms with Gasteiger partial charge in [-0.25, -0.2) is 4.98 Å². The van der Waals surface area contributed by atoms with Gasteiger partial charge >= 0.3 is 0 Å². The maximum absolute atomic E-state index is 5.08. The van der Waals surface area contributed by atoms with E-state index in [9.17, 15) is 0 Å². The normalized spacial score (nSPS) is 16.7. The highest BCUT2D eigenvalue weighted by molar-refractivity contribution is 7.99. The molecule has 12 heavy (non-hydrogen) atoms. The Morgan fingerprint density at radius 2 is 2.58 bits per heavy atom. The average molecular weight is 184 g/mol. The highest BCUT2D eigenvalue weighted by Crippen LogP contribution is 2.19. The predicted octanol–water partition coefficient (Wildman–Crippen LogP) is 1.52. The van der Waals surface area contributed by atoms with Crippen LogP contribution in [-0.4, -0.2) is 23.3 Å². The minimum absolute atomic E-state index is 0.771. The monoisotopic (exact) mass is 184 g/mol. The lowest BCUT2D eigenvalue weighted by molar-refractivity contribution is 0.454. The third kappa shape index (κ3) is 2.53. The fraction of sp³-hybridized carbons (Fsp3) is 0.625. The SMILES string of the molecule is c1coc(SCCNC2CC2)n1. The Balaban J connectivity index is 1.56. The molecule has 3 nitrogen and oxygen atoms in total. The van der Waals surface area contributed by atoms with E-state index in [0.29, 0.717) is 0 Å². The topological polar surface area (TPSA) is 38.1 Å². The van der Waals surface area contributed by atoms with Crippen LogP contribution >= 0.6 is 11.8 Å². The lowest BCUT2D eigenvalue weighted by Gasteiger charge is -1.98. The van der Waals surface area contributed by atoms with Crippen molar-refractivity contribution in [2.45, 2.75) is 24.1 Å². The van der Waals surface area contributed by atoms with Crippen LogP contribution in [0.25, 0.3) is 0 Å². The number of thioether (sulfide) groups is 1. The van der Waals surface area contributed by atoms with Crippen molar-refractivity contribution in [3.05, 3.63) is 12.5 Å². The minimum Gasteiger partial charge on any atom is -0.440 e. The Labute approximate surface area is 75.9 Å².